The van der Waals surface area contributed by atoms with Crippen molar-refractivity contribution in [1.82, 2.24) is 10.0 Å². The minimum absolute atomic E-state index is 0.262. The molecule has 1 fully saturated rings. The molecule has 0 aromatic carbocycles. The van der Waals surface area contributed by atoms with E-state index in [1.54, 1.807) is 6.07 Å². The standard InChI is InChI=1S/C11H17BrN2O2S2/c1-8-6-10(17-11(8)12)18(15,16)14-7-9-4-2-3-5-13-9/h6,9,13-14H,2-5,7H2,1H3. The first-order chi connectivity index (χ1) is 8.49. The van der Waals surface area contributed by atoms with E-state index < -0.39 is 10.0 Å². The van der Waals surface area contributed by atoms with Crippen LogP contribution in [-0.4, -0.2) is 27.5 Å². The Balaban J connectivity index is 1.98. The lowest BCUT2D eigenvalue weighted by Crippen LogP contribution is -2.43. The van der Waals surface area contributed by atoms with Crippen molar-refractivity contribution in [3.8, 4) is 0 Å². The van der Waals surface area contributed by atoms with Gasteiger partial charge in [-0.25, -0.2) is 13.1 Å². The van der Waals surface area contributed by atoms with Crippen molar-refractivity contribution in [2.75, 3.05) is 13.1 Å². The average molecular weight is 353 g/mol. The van der Waals surface area contributed by atoms with Crippen LogP contribution in [-0.2, 0) is 10.0 Å². The van der Waals surface area contributed by atoms with Gasteiger partial charge in [-0.15, -0.1) is 11.3 Å². The molecule has 1 atom stereocenters. The molecule has 1 aliphatic heterocycles. The van der Waals surface area contributed by atoms with Gasteiger partial charge >= 0.3 is 0 Å². The summed E-state index contributed by atoms with van der Waals surface area (Å²) < 4.78 is 28.1. The quantitative estimate of drug-likeness (QED) is 0.873. The Hall–Kier alpha value is 0.0500. The van der Waals surface area contributed by atoms with Gasteiger partial charge in [0.15, 0.2) is 0 Å². The van der Waals surface area contributed by atoms with Crippen molar-refractivity contribution in [2.24, 2.45) is 0 Å². The van der Waals surface area contributed by atoms with Gasteiger partial charge in [-0.3, -0.25) is 0 Å². The van der Waals surface area contributed by atoms with Gasteiger partial charge in [0, 0.05) is 12.6 Å². The van der Waals surface area contributed by atoms with Crippen LogP contribution in [0.15, 0.2) is 14.1 Å². The molecule has 0 saturated carbocycles. The molecular weight excluding hydrogens is 336 g/mol. The van der Waals surface area contributed by atoms with Crippen molar-refractivity contribution < 1.29 is 8.42 Å². The molecule has 102 valence electrons. The van der Waals surface area contributed by atoms with Crippen molar-refractivity contribution in [2.45, 2.75) is 36.4 Å². The van der Waals surface area contributed by atoms with E-state index in [2.05, 4.69) is 26.0 Å². The summed E-state index contributed by atoms with van der Waals surface area (Å²) in [5.74, 6) is 0. The van der Waals surface area contributed by atoms with Crippen molar-refractivity contribution >= 4 is 37.3 Å². The number of aryl methyl sites for hydroxylation is 1. The summed E-state index contributed by atoms with van der Waals surface area (Å²) in [5.41, 5.74) is 0.955. The lowest BCUT2D eigenvalue weighted by atomic mass is 10.1. The van der Waals surface area contributed by atoms with Gasteiger partial charge in [-0.05, 0) is 53.9 Å². The Kier molecular flexibility index (Phi) is 4.82. The van der Waals surface area contributed by atoms with Gasteiger partial charge in [-0.2, -0.15) is 0 Å². The van der Waals surface area contributed by atoms with E-state index in [0.717, 1.165) is 22.3 Å². The van der Waals surface area contributed by atoms with Crippen LogP contribution in [0.3, 0.4) is 0 Å². The Bertz CT molecular complexity index is 488. The Labute approximate surface area is 120 Å². The summed E-state index contributed by atoms with van der Waals surface area (Å²) in [6.45, 7) is 3.34. The largest absolute Gasteiger partial charge is 0.313 e. The summed E-state index contributed by atoms with van der Waals surface area (Å²) in [6, 6.07) is 1.96. The van der Waals surface area contributed by atoms with Crippen molar-refractivity contribution in [3.05, 3.63) is 15.4 Å². The van der Waals surface area contributed by atoms with E-state index in [1.165, 1.54) is 24.2 Å². The molecule has 0 aliphatic carbocycles. The smallest absolute Gasteiger partial charge is 0.250 e. The first-order valence-electron chi connectivity index (χ1n) is 5.98. The van der Waals surface area contributed by atoms with Crippen molar-refractivity contribution in [1.29, 1.82) is 0 Å². The third-order valence-electron chi connectivity index (χ3n) is 3.03. The minimum atomic E-state index is -3.36. The lowest BCUT2D eigenvalue weighted by molar-refractivity contribution is 0.398. The molecule has 1 aromatic rings. The number of hydrogen-bond donors (Lipinski definition) is 2. The number of sulfonamides is 1. The molecule has 2 rings (SSSR count). The maximum Gasteiger partial charge on any atom is 0.250 e. The molecule has 0 radical (unpaired) electrons. The van der Waals surface area contributed by atoms with E-state index >= 15 is 0 Å². The second-order valence-corrected chi connectivity index (χ2v) is 8.88. The maximum atomic E-state index is 12.1. The summed E-state index contributed by atoms with van der Waals surface area (Å²) in [6.07, 6.45) is 3.39. The minimum Gasteiger partial charge on any atom is -0.313 e. The summed E-state index contributed by atoms with van der Waals surface area (Å²) in [7, 11) is -3.36. The summed E-state index contributed by atoms with van der Waals surface area (Å²) in [5, 5.41) is 3.33. The molecule has 0 spiro atoms. The van der Waals surface area contributed by atoms with Crippen LogP contribution in [0.1, 0.15) is 24.8 Å². The Morgan fingerprint density at radius 2 is 2.33 bits per heavy atom. The molecule has 1 saturated heterocycles. The third-order valence-corrected chi connectivity index (χ3v) is 7.07. The number of halogens is 1. The molecule has 1 aromatic heterocycles. The first-order valence-corrected chi connectivity index (χ1v) is 9.07. The van der Waals surface area contributed by atoms with Crippen LogP contribution in [0.4, 0.5) is 0 Å². The van der Waals surface area contributed by atoms with Crippen molar-refractivity contribution in [3.63, 3.8) is 0 Å². The molecule has 1 aliphatic rings. The maximum absolute atomic E-state index is 12.1. The second-order valence-electron chi connectivity index (χ2n) is 4.52. The zero-order valence-electron chi connectivity index (χ0n) is 10.2. The van der Waals surface area contributed by atoms with Gasteiger partial charge in [0.1, 0.15) is 4.21 Å². The molecule has 2 heterocycles. The Morgan fingerprint density at radius 1 is 1.56 bits per heavy atom. The van der Waals surface area contributed by atoms with E-state index in [0.29, 0.717) is 10.8 Å². The zero-order chi connectivity index (χ0) is 13.2. The number of rotatable bonds is 4. The first kappa shape index (κ1) is 14.5. The lowest BCUT2D eigenvalue weighted by Gasteiger charge is -2.23. The average Bonchev–Trinajstić information content (AvgIpc) is 2.70. The fourth-order valence-corrected chi connectivity index (χ4v) is 5.30. The van der Waals surface area contributed by atoms with Gasteiger partial charge in [-0.1, -0.05) is 6.42 Å². The van der Waals surface area contributed by atoms with Gasteiger partial charge < -0.3 is 5.32 Å². The van der Waals surface area contributed by atoms with E-state index in [9.17, 15) is 8.42 Å². The highest BCUT2D eigenvalue weighted by atomic mass is 79.9. The zero-order valence-corrected chi connectivity index (χ0v) is 13.4. The molecule has 4 nitrogen and oxygen atoms in total. The van der Waals surface area contributed by atoms with Crippen LogP contribution in [0.25, 0.3) is 0 Å². The van der Waals surface area contributed by atoms with Gasteiger partial charge in [0.05, 0.1) is 3.79 Å². The van der Waals surface area contributed by atoms with Crippen LogP contribution in [0.5, 0.6) is 0 Å². The van der Waals surface area contributed by atoms with E-state index in [1.807, 2.05) is 6.92 Å². The predicted molar refractivity (Wildman–Crippen MR) is 77.6 cm³/mol. The molecule has 18 heavy (non-hydrogen) atoms. The third kappa shape index (κ3) is 3.54. The topological polar surface area (TPSA) is 58.2 Å². The van der Waals surface area contributed by atoms with E-state index in [-0.39, 0.29) is 6.04 Å². The molecular formula is C11H17BrN2O2S2. The monoisotopic (exact) mass is 352 g/mol. The Morgan fingerprint density at radius 3 is 2.89 bits per heavy atom. The number of nitrogens with one attached hydrogen (secondary N) is 2. The van der Waals surface area contributed by atoms with Crippen LogP contribution in [0.2, 0.25) is 0 Å². The SMILES string of the molecule is Cc1cc(S(=O)(=O)NCC2CCCCN2)sc1Br. The van der Waals surface area contributed by atoms with E-state index in [4.69, 9.17) is 0 Å². The number of piperidine rings is 1. The number of thiophene rings is 1. The second kappa shape index (κ2) is 6.00. The van der Waals surface area contributed by atoms with Crippen LogP contribution in [0, 0.1) is 6.92 Å². The van der Waals surface area contributed by atoms with Crippen LogP contribution < -0.4 is 10.0 Å². The molecule has 0 amide bonds. The van der Waals surface area contributed by atoms with Gasteiger partial charge in [0.25, 0.3) is 0 Å². The number of hydrogen-bond acceptors (Lipinski definition) is 4. The van der Waals surface area contributed by atoms with Gasteiger partial charge in [0.2, 0.25) is 10.0 Å². The molecule has 0 bridgehead atoms. The van der Waals surface area contributed by atoms with Crippen LogP contribution >= 0.6 is 27.3 Å². The predicted octanol–water partition coefficient (Wildman–Crippen LogP) is 2.24. The highest BCUT2D eigenvalue weighted by Gasteiger charge is 2.20. The summed E-state index contributed by atoms with van der Waals surface area (Å²) in [4.78, 5) is 0. The normalized spacial score (nSPS) is 21.1. The molecule has 7 heteroatoms. The fourth-order valence-electron chi connectivity index (χ4n) is 1.94. The highest BCUT2D eigenvalue weighted by molar-refractivity contribution is 9.11. The fraction of sp³-hybridized carbons (Fsp3) is 0.636. The summed E-state index contributed by atoms with van der Waals surface area (Å²) >= 11 is 4.60. The molecule has 2 N–H and O–H groups in total. The molecule has 1 unspecified atom stereocenters. The highest BCUT2D eigenvalue weighted by Crippen LogP contribution is 2.30.